The van der Waals surface area contributed by atoms with Gasteiger partial charge in [-0.25, -0.2) is 0 Å². The third-order valence-corrected chi connectivity index (χ3v) is 2.84. The topological polar surface area (TPSA) is 55.5 Å². The Morgan fingerprint density at radius 2 is 2.13 bits per heavy atom. The Kier molecular flexibility index (Phi) is 5.68. The van der Waals surface area contributed by atoms with Crippen LogP contribution < -0.4 is 10.5 Å². The van der Waals surface area contributed by atoms with Crippen molar-refractivity contribution in [2.75, 3.05) is 19.8 Å². The van der Waals surface area contributed by atoms with E-state index in [9.17, 15) is 0 Å². The van der Waals surface area contributed by atoms with E-state index < -0.39 is 0 Å². The molecule has 0 heterocycles. The van der Waals surface area contributed by atoms with Gasteiger partial charge in [-0.15, -0.1) is 0 Å². The van der Waals surface area contributed by atoms with E-state index in [0.29, 0.717) is 19.6 Å². The molecule has 1 unspecified atom stereocenters. The molecule has 3 N–H and O–H groups in total. The van der Waals surface area contributed by atoms with Gasteiger partial charge in [0.15, 0.2) is 0 Å². The highest BCUT2D eigenvalue weighted by atomic mass is 79.9. The van der Waals surface area contributed by atoms with E-state index in [1.165, 1.54) is 0 Å². The minimum Gasteiger partial charge on any atom is -0.492 e. The quantitative estimate of drug-likeness (QED) is 0.831. The molecule has 0 fully saturated rings. The van der Waals surface area contributed by atoms with Crippen LogP contribution in [0.4, 0.5) is 0 Å². The zero-order valence-corrected chi connectivity index (χ0v) is 10.1. The van der Waals surface area contributed by atoms with E-state index in [4.69, 9.17) is 15.6 Å². The fourth-order valence-electron chi connectivity index (χ4n) is 1.22. The number of ether oxygens (including phenoxy) is 1. The van der Waals surface area contributed by atoms with Crippen LogP contribution in [0.25, 0.3) is 0 Å². The lowest BCUT2D eigenvalue weighted by Crippen LogP contribution is -2.22. The predicted molar refractivity (Wildman–Crippen MR) is 63.9 cm³/mol. The van der Waals surface area contributed by atoms with Crippen LogP contribution in [0, 0.1) is 5.92 Å². The van der Waals surface area contributed by atoms with Crippen LogP contribution in [0.1, 0.15) is 6.42 Å². The Morgan fingerprint density at radius 1 is 1.40 bits per heavy atom. The van der Waals surface area contributed by atoms with Crippen molar-refractivity contribution in [2.24, 2.45) is 11.7 Å². The second-order valence-electron chi connectivity index (χ2n) is 3.36. The molecular weight excluding hydrogens is 258 g/mol. The van der Waals surface area contributed by atoms with Gasteiger partial charge in [-0.1, -0.05) is 12.1 Å². The molecule has 0 aromatic heterocycles. The molecule has 0 amide bonds. The SMILES string of the molecule is NCC(CCO)COc1ccccc1Br. The second-order valence-corrected chi connectivity index (χ2v) is 4.21. The minimum absolute atomic E-state index is 0.154. The number of halogens is 1. The van der Waals surface area contributed by atoms with Crippen LogP contribution in [0.5, 0.6) is 5.75 Å². The lowest BCUT2D eigenvalue weighted by Gasteiger charge is -2.15. The monoisotopic (exact) mass is 273 g/mol. The number of hydrogen-bond donors (Lipinski definition) is 2. The van der Waals surface area contributed by atoms with Gasteiger partial charge in [0.1, 0.15) is 5.75 Å². The Labute approximate surface area is 98.4 Å². The fraction of sp³-hybridized carbons (Fsp3) is 0.455. The van der Waals surface area contributed by atoms with E-state index in [1.54, 1.807) is 0 Å². The second kappa shape index (κ2) is 6.82. The molecule has 1 atom stereocenters. The smallest absolute Gasteiger partial charge is 0.133 e. The van der Waals surface area contributed by atoms with Gasteiger partial charge < -0.3 is 15.6 Å². The summed E-state index contributed by atoms with van der Waals surface area (Å²) in [5.41, 5.74) is 5.56. The van der Waals surface area contributed by atoms with Gasteiger partial charge in [0.25, 0.3) is 0 Å². The number of rotatable bonds is 6. The minimum atomic E-state index is 0.154. The van der Waals surface area contributed by atoms with E-state index in [2.05, 4.69) is 15.9 Å². The van der Waals surface area contributed by atoms with E-state index in [0.717, 1.165) is 10.2 Å². The first-order valence-corrected chi connectivity index (χ1v) is 5.75. The van der Waals surface area contributed by atoms with Gasteiger partial charge in [0.2, 0.25) is 0 Å². The molecule has 1 rings (SSSR count). The summed E-state index contributed by atoms with van der Waals surface area (Å²) in [6.45, 7) is 1.23. The van der Waals surface area contributed by atoms with E-state index in [-0.39, 0.29) is 12.5 Å². The lowest BCUT2D eigenvalue weighted by atomic mass is 10.1. The number of aliphatic hydroxyl groups excluding tert-OH is 1. The van der Waals surface area contributed by atoms with E-state index in [1.807, 2.05) is 24.3 Å². The number of hydrogen-bond acceptors (Lipinski definition) is 3. The molecule has 0 spiro atoms. The number of benzene rings is 1. The molecule has 1 aromatic carbocycles. The Morgan fingerprint density at radius 3 is 2.73 bits per heavy atom. The predicted octanol–water partition coefficient (Wildman–Crippen LogP) is 1.79. The number of aliphatic hydroxyl groups is 1. The maximum atomic E-state index is 8.80. The Hall–Kier alpha value is -0.580. The molecule has 0 bridgehead atoms. The summed E-state index contributed by atoms with van der Waals surface area (Å²) in [5, 5.41) is 8.80. The third-order valence-electron chi connectivity index (χ3n) is 2.18. The van der Waals surface area contributed by atoms with Gasteiger partial charge in [0.05, 0.1) is 11.1 Å². The Bertz CT molecular complexity index is 294. The van der Waals surface area contributed by atoms with Crippen molar-refractivity contribution in [3.05, 3.63) is 28.7 Å². The fourth-order valence-corrected chi connectivity index (χ4v) is 1.62. The Balaban J connectivity index is 2.45. The number of para-hydroxylation sites is 1. The van der Waals surface area contributed by atoms with Crippen molar-refractivity contribution in [1.82, 2.24) is 0 Å². The molecule has 84 valence electrons. The van der Waals surface area contributed by atoms with Gasteiger partial charge in [-0.05, 0) is 41.0 Å². The van der Waals surface area contributed by atoms with Crippen molar-refractivity contribution >= 4 is 15.9 Å². The summed E-state index contributed by atoms with van der Waals surface area (Å²) in [6.07, 6.45) is 0.682. The van der Waals surface area contributed by atoms with Crippen molar-refractivity contribution in [3.63, 3.8) is 0 Å². The zero-order valence-electron chi connectivity index (χ0n) is 8.53. The van der Waals surface area contributed by atoms with Crippen LogP contribution in [0.3, 0.4) is 0 Å². The number of nitrogens with two attached hydrogens (primary N) is 1. The molecule has 3 nitrogen and oxygen atoms in total. The summed E-state index contributed by atoms with van der Waals surface area (Å²) in [6, 6.07) is 7.68. The highest BCUT2D eigenvalue weighted by Gasteiger charge is 2.07. The van der Waals surface area contributed by atoms with Crippen molar-refractivity contribution in [2.45, 2.75) is 6.42 Å². The van der Waals surface area contributed by atoms with Crippen LogP contribution in [0.2, 0.25) is 0 Å². The zero-order chi connectivity index (χ0) is 11.1. The standard InChI is InChI=1S/C11H16BrNO2/c12-10-3-1-2-4-11(10)15-8-9(7-13)5-6-14/h1-4,9,14H,5-8,13H2. The molecule has 15 heavy (non-hydrogen) atoms. The maximum Gasteiger partial charge on any atom is 0.133 e. The molecule has 4 heteroatoms. The first-order chi connectivity index (χ1) is 7.27. The summed E-state index contributed by atoms with van der Waals surface area (Å²) >= 11 is 3.40. The van der Waals surface area contributed by atoms with Crippen LogP contribution in [-0.4, -0.2) is 24.9 Å². The van der Waals surface area contributed by atoms with Crippen molar-refractivity contribution in [1.29, 1.82) is 0 Å². The molecule has 0 radical (unpaired) electrons. The lowest BCUT2D eigenvalue weighted by molar-refractivity contribution is 0.201. The summed E-state index contributed by atoms with van der Waals surface area (Å²) in [4.78, 5) is 0. The summed E-state index contributed by atoms with van der Waals surface area (Å²) < 4.78 is 6.54. The third kappa shape index (κ3) is 4.20. The van der Waals surface area contributed by atoms with Gasteiger partial charge in [0, 0.05) is 12.5 Å². The molecule has 0 aliphatic heterocycles. The maximum absolute atomic E-state index is 8.80. The van der Waals surface area contributed by atoms with Crippen molar-refractivity contribution in [3.8, 4) is 5.75 Å². The average Bonchev–Trinajstić information content (AvgIpc) is 2.26. The highest BCUT2D eigenvalue weighted by molar-refractivity contribution is 9.10. The average molecular weight is 274 g/mol. The largest absolute Gasteiger partial charge is 0.492 e. The van der Waals surface area contributed by atoms with Crippen LogP contribution >= 0.6 is 15.9 Å². The van der Waals surface area contributed by atoms with E-state index >= 15 is 0 Å². The molecule has 0 aliphatic carbocycles. The van der Waals surface area contributed by atoms with Gasteiger partial charge in [-0.3, -0.25) is 0 Å². The van der Waals surface area contributed by atoms with Crippen LogP contribution in [0.15, 0.2) is 28.7 Å². The molecule has 1 aromatic rings. The molecule has 0 saturated carbocycles. The first-order valence-electron chi connectivity index (χ1n) is 4.96. The van der Waals surface area contributed by atoms with Gasteiger partial charge in [-0.2, -0.15) is 0 Å². The summed E-state index contributed by atoms with van der Waals surface area (Å²) in [7, 11) is 0. The molecule has 0 aliphatic rings. The molecule has 0 saturated heterocycles. The van der Waals surface area contributed by atoms with Gasteiger partial charge >= 0.3 is 0 Å². The highest BCUT2D eigenvalue weighted by Crippen LogP contribution is 2.24. The molecular formula is C11H16BrNO2. The normalized spacial score (nSPS) is 12.5. The first kappa shape index (κ1) is 12.5. The van der Waals surface area contributed by atoms with Crippen LogP contribution in [-0.2, 0) is 0 Å². The summed E-state index contributed by atoms with van der Waals surface area (Å²) in [5.74, 6) is 1.02. The van der Waals surface area contributed by atoms with Crippen molar-refractivity contribution < 1.29 is 9.84 Å².